The number of hydrogen-bond donors (Lipinski definition) is 1. The van der Waals surface area contributed by atoms with E-state index < -0.39 is 0 Å². The van der Waals surface area contributed by atoms with Gasteiger partial charge in [-0.1, -0.05) is 6.07 Å². The highest BCUT2D eigenvalue weighted by atomic mass is 16.2. The van der Waals surface area contributed by atoms with Crippen LogP contribution >= 0.6 is 0 Å². The lowest BCUT2D eigenvalue weighted by Gasteiger charge is -2.35. The molecule has 21 heavy (non-hydrogen) atoms. The summed E-state index contributed by atoms with van der Waals surface area (Å²) in [5.41, 5.74) is 3.05. The highest BCUT2D eigenvalue weighted by molar-refractivity contribution is 5.97. The van der Waals surface area contributed by atoms with E-state index in [1.54, 1.807) is 11.8 Å². The highest BCUT2D eigenvalue weighted by Crippen LogP contribution is 2.26. The average molecular weight is 287 g/mol. The van der Waals surface area contributed by atoms with Crippen molar-refractivity contribution in [1.82, 2.24) is 9.80 Å². The zero-order chi connectivity index (χ0) is 14.8. The van der Waals surface area contributed by atoms with Crippen LogP contribution in [0.3, 0.4) is 0 Å². The molecule has 1 saturated heterocycles. The van der Waals surface area contributed by atoms with Crippen LogP contribution in [0.5, 0.6) is 0 Å². The molecule has 1 fully saturated rings. The Kier molecular flexibility index (Phi) is 3.82. The number of amides is 2. The third kappa shape index (κ3) is 2.73. The predicted octanol–water partition coefficient (Wildman–Crippen LogP) is 1.35. The first kappa shape index (κ1) is 13.9. The zero-order valence-electron chi connectivity index (χ0n) is 12.4. The molecule has 1 aromatic rings. The maximum Gasteiger partial charge on any atom is 0.254 e. The van der Waals surface area contributed by atoms with Gasteiger partial charge in [0.05, 0.1) is 0 Å². The van der Waals surface area contributed by atoms with E-state index in [-0.39, 0.29) is 11.8 Å². The largest absolute Gasteiger partial charge is 0.385 e. The van der Waals surface area contributed by atoms with Crippen molar-refractivity contribution in [3.63, 3.8) is 0 Å². The van der Waals surface area contributed by atoms with E-state index in [1.807, 2.05) is 23.1 Å². The van der Waals surface area contributed by atoms with Crippen LogP contribution < -0.4 is 5.32 Å². The molecule has 5 heteroatoms. The number of fused-ring (bicyclic) bond motifs is 1. The van der Waals surface area contributed by atoms with Crippen molar-refractivity contribution in [2.24, 2.45) is 0 Å². The van der Waals surface area contributed by atoms with Gasteiger partial charge in [-0.25, -0.2) is 0 Å². The number of nitrogens with zero attached hydrogens (tertiary/aromatic N) is 2. The molecule has 0 unspecified atom stereocenters. The van der Waals surface area contributed by atoms with Gasteiger partial charge in [-0.15, -0.1) is 0 Å². The fourth-order valence-corrected chi connectivity index (χ4v) is 3.11. The predicted molar refractivity (Wildman–Crippen MR) is 81.4 cm³/mol. The van der Waals surface area contributed by atoms with Crippen molar-refractivity contribution >= 4 is 17.5 Å². The third-order valence-corrected chi connectivity index (χ3v) is 4.34. The maximum atomic E-state index is 12.7. The minimum absolute atomic E-state index is 0.0865. The Morgan fingerprint density at radius 3 is 2.52 bits per heavy atom. The van der Waals surface area contributed by atoms with Gasteiger partial charge in [-0.2, -0.15) is 0 Å². The van der Waals surface area contributed by atoms with Crippen LogP contribution in [0.25, 0.3) is 0 Å². The van der Waals surface area contributed by atoms with Crippen LogP contribution in [0.4, 0.5) is 5.69 Å². The summed E-state index contributed by atoms with van der Waals surface area (Å²) >= 11 is 0. The van der Waals surface area contributed by atoms with E-state index in [0.29, 0.717) is 26.2 Å². The van der Waals surface area contributed by atoms with E-state index in [1.165, 1.54) is 0 Å². The van der Waals surface area contributed by atoms with Crippen molar-refractivity contribution in [3.8, 4) is 0 Å². The molecule has 0 radical (unpaired) electrons. The molecule has 2 aliphatic heterocycles. The Morgan fingerprint density at radius 2 is 1.81 bits per heavy atom. The number of anilines is 1. The van der Waals surface area contributed by atoms with E-state index in [9.17, 15) is 9.59 Å². The van der Waals surface area contributed by atoms with Gasteiger partial charge in [0.2, 0.25) is 5.91 Å². The summed E-state index contributed by atoms with van der Waals surface area (Å²) in [5.74, 6) is 0.183. The average Bonchev–Trinajstić information content (AvgIpc) is 2.53. The quantitative estimate of drug-likeness (QED) is 0.848. The highest BCUT2D eigenvalue weighted by Gasteiger charge is 2.25. The van der Waals surface area contributed by atoms with E-state index in [0.717, 1.165) is 36.2 Å². The molecule has 5 nitrogen and oxygen atoms in total. The minimum atomic E-state index is 0.0865. The second-order valence-corrected chi connectivity index (χ2v) is 5.66. The fourth-order valence-electron chi connectivity index (χ4n) is 3.11. The number of nitrogens with one attached hydrogen (secondary N) is 1. The topological polar surface area (TPSA) is 52.7 Å². The molecule has 3 rings (SSSR count). The molecule has 112 valence electrons. The first-order valence-corrected chi connectivity index (χ1v) is 7.57. The molecule has 0 atom stereocenters. The summed E-state index contributed by atoms with van der Waals surface area (Å²) < 4.78 is 0. The second kappa shape index (κ2) is 5.76. The van der Waals surface area contributed by atoms with Crippen molar-refractivity contribution in [2.45, 2.75) is 19.8 Å². The maximum absolute atomic E-state index is 12.7. The molecule has 1 N–H and O–H groups in total. The normalized spacial score (nSPS) is 18.0. The summed E-state index contributed by atoms with van der Waals surface area (Å²) in [6, 6.07) is 5.90. The smallest absolute Gasteiger partial charge is 0.254 e. The van der Waals surface area contributed by atoms with Gasteiger partial charge in [0.25, 0.3) is 5.91 Å². The molecule has 0 spiro atoms. The van der Waals surface area contributed by atoms with Crippen LogP contribution in [0.1, 0.15) is 29.3 Å². The van der Waals surface area contributed by atoms with Crippen molar-refractivity contribution in [2.75, 3.05) is 38.0 Å². The molecule has 0 bridgehead atoms. The van der Waals surface area contributed by atoms with Crippen molar-refractivity contribution < 1.29 is 9.59 Å². The molecule has 0 saturated carbocycles. The fraction of sp³-hybridized carbons (Fsp3) is 0.500. The number of carbonyl (C=O) groups excluding carboxylic acids is 2. The van der Waals surface area contributed by atoms with Crippen molar-refractivity contribution in [1.29, 1.82) is 0 Å². The Bertz CT molecular complexity index is 563. The molecule has 0 aromatic heterocycles. The van der Waals surface area contributed by atoms with E-state index in [4.69, 9.17) is 0 Å². The van der Waals surface area contributed by atoms with Crippen LogP contribution in [-0.2, 0) is 11.2 Å². The molecular formula is C16H21N3O2. The Morgan fingerprint density at radius 1 is 1.10 bits per heavy atom. The van der Waals surface area contributed by atoms with Crippen LogP contribution in [0.2, 0.25) is 0 Å². The van der Waals surface area contributed by atoms with Crippen LogP contribution in [-0.4, -0.2) is 54.3 Å². The number of piperazine rings is 1. The minimum Gasteiger partial charge on any atom is -0.385 e. The standard InChI is InChI=1S/C16H21N3O2/c1-12(20)18-8-10-19(11-9-18)16(21)14-4-2-6-15-13(14)5-3-7-17-15/h2,4,6,17H,3,5,7-11H2,1H3. The third-order valence-electron chi connectivity index (χ3n) is 4.34. The molecule has 2 heterocycles. The Labute approximate surface area is 124 Å². The molecular weight excluding hydrogens is 266 g/mol. The van der Waals surface area contributed by atoms with Crippen LogP contribution in [0, 0.1) is 0 Å². The lowest BCUT2D eigenvalue weighted by atomic mass is 9.96. The van der Waals surface area contributed by atoms with E-state index >= 15 is 0 Å². The summed E-state index contributed by atoms with van der Waals surface area (Å²) in [6.45, 7) is 5.06. The summed E-state index contributed by atoms with van der Waals surface area (Å²) in [6.07, 6.45) is 2.02. The summed E-state index contributed by atoms with van der Waals surface area (Å²) in [5, 5.41) is 3.36. The summed E-state index contributed by atoms with van der Waals surface area (Å²) in [7, 11) is 0. The SMILES string of the molecule is CC(=O)N1CCN(C(=O)c2cccc3c2CCCN3)CC1. The van der Waals surface area contributed by atoms with Gasteiger partial charge in [0.1, 0.15) is 0 Å². The Balaban J connectivity index is 1.76. The number of hydrogen-bond acceptors (Lipinski definition) is 3. The first-order valence-electron chi connectivity index (χ1n) is 7.57. The monoisotopic (exact) mass is 287 g/mol. The van der Waals surface area contributed by atoms with Gasteiger partial charge in [-0.05, 0) is 30.5 Å². The first-order chi connectivity index (χ1) is 10.2. The summed E-state index contributed by atoms with van der Waals surface area (Å²) in [4.78, 5) is 27.8. The lowest BCUT2D eigenvalue weighted by Crippen LogP contribution is -2.50. The molecule has 2 amide bonds. The van der Waals surface area contributed by atoms with Gasteiger partial charge < -0.3 is 15.1 Å². The lowest BCUT2D eigenvalue weighted by molar-refractivity contribution is -0.130. The van der Waals surface area contributed by atoms with E-state index in [2.05, 4.69) is 5.32 Å². The van der Waals surface area contributed by atoms with Gasteiger partial charge >= 0.3 is 0 Å². The molecule has 2 aliphatic rings. The molecule has 0 aliphatic carbocycles. The van der Waals surface area contributed by atoms with Crippen LogP contribution in [0.15, 0.2) is 18.2 Å². The van der Waals surface area contributed by atoms with Gasteiger partial charge in [0.15, 0.2) is 0 Å². The van der Waals surface area contributed by atoms with Gasteiger partial charge in [0, 0.05) is 50.9 Å². The molecule has 1 aromatic carbocycles. The zero-order valence-corrected chi connectivity index (χ0v) is 12.4. The number of carbonyl (C=O) groups is 2. The number of benzene rings is 1. The second-order valence-electron chi connectivity index (χ2n) is 5.66. The van der Waals surface area contributed by atoms with Crippen molar-refractivity contribution in [3.05, 3.63) is 29.3 Å². The van der Waals surface area contributed by atoms with Gasteiger partial charge in [-0.3, -0.25) is 9.59 Å². The Hall–Kier alpha value is -2.04. The number of rotatable bonds is 1.